The molecule has 1 aromatic carbocycles. The number of aromatic nitrogens is 1. The second kappa shape index (κ2) is 6.95. The van der Waals surface area contributed by atoms with E-state index in [0.717, 1.165) is 16.3 Å². The van der Waals surface area contributed by atoms with Gasteiger partial charge in [0, 0.05) is 24.0 Å². The summed E-state index contributed by atoms with van der Waals surface area (Å²) in [5.74, 6) is 1.24. The maximum atomic E-state index is 12.6. The minimum atomic E-state index is -0.450. The molecule has 0 unspecified atom stereocenters. The molecule has 1 atom stereocenters. The number of carbonyl (C=O) groups excluding carboxylic acids is 2. The van der Waals surface area contributed by atoms with Gasteiger partial charge in [-0.15, -0.1) is 11.3 Å². The van der Waals surface area contributed by atoms with Crippen molar-refractivity contribution in [3.63, 3.8) is 0 Å². The third-order valence-electron chi connectivity index (χ3n) is 4.50. The summed E-state index contributed by atoms with van der Waals surface area (Å²) >= 11 is 1.52. The number of ether oxygens (including phenoxy) is 2. The van der Waals surface area contributed by atoms with Crippen LogP contribution < -0.4 is 14.8 Å². The zero-order chi connectivity index (χ0) is 18.1. The molecule has 2 amide bonds. The Labute approximate surface area is 154 Å². The lowest BCUT2D eigenvalue weighted by Gasteiger charge is -2.24. The van der Waals surface area contributed by atoms with Gasteiger partial charge in [-0.1, -0.05) is 6.07 Å². The van der Waals surface area contributed by atoms with Crippen LogP contribution in [0.5, 0.6) is 11.5 Å². The van der Waals surface area contributed by atoms with E-state index in [2.05, 4.69) is 10.3 Å². The van der Waals surface area contributed by atoms with Gasteiger partial charge in [0.1, 0.15) is 11.0 Å². The van der Waals surface area contributed by atoms with Crippen molar-refractivity contribution in [3.8, 4) is 11.5 Å². The van der Waals surface area contributed by atoms with Crippen molar-refractivity contribution in [1.82, 2.24) is 15.2 Å². The number of hydrogen-bond donors (Lipinski definition) is 1. The molecule has 0 spiro atoms. The number of likely N-dealkylation sites (tertiary alicyclic amines) is 1. The van der Waals surface area contributed by atoms with Crippen molar-refractivity contribution < 1.29 is 19.1 Å². The van der Waals surface area contributed by atoms with Crippen molar-refractivity contribution >= 4 is 23.2 Å². The topological polar surface area (TPSA) is 80.8 Å². The Hall–Kier alpha value is -2.61. The number of fused-ring (bicyclic) bond motifs is 1. The van der Waals surface area contributed by atoms with Crippen LogP contribution in [0.4, 0.5) is 0 Å². The molecule has 1 saturated heterocycles. The Morgan fingerprint density at radius 3 is 3.04 bits per heavy atom. The summed E-state index contributed by atoms with van der Waals surface area (Å²) in [5.41, 5.74) is 1.86. The number of hydrogen-bond acceptors (Lipinski definition) is 6. The highest BCUT2D eigenvalue weighted by Crippen LogP contribution is 2.33. The third-order valence-corrected chi connectivity index (χ3v) is 5.47. The molecule has 2 aromatic rings. The third kappa shape index (κ3) is 3.37. The van der Waals surface area contributed by atoms with E-state index in [1.54, 1.807) is 4.90 Å². The van der Waals surface area contributed by atoms with Crippen LogP contribution in [0.3, 0.4) is 0 Å². The molecular weight excluding hydrogens is 354 g/mol. The lowest BCUT2D eigenvalue weighted by atomic mass is 10.1. The molecule has 0 radical (unpaired) electrons. The first-order valence-electron chi connectivity index (χ1n) is 8.47. The van der Waals surface area contributed by atoms with E-state index >= 15 is 0 Å². The van der Waals surface area contributed by atoms with Gasteiger partial charge in [0.05, 0.1) is 6.54 Å². The van der Waals surface area contributed by atoms with Crippen LogP contribution in [0.2, 0.25) is 0 Å². The quantitative estimate of drug-likeness (QED) is 0.867. The molecule has 1 aromatic heterocycles. The van der Waals surface area contributed by atoms with Crippen molar-refractivity contribution in [1.29, 1.82) is 0 Å². The molecule has 26 heavy (non-hydrogen) atoms. The SMILES string of the molecule is Cc1csc(CNC(=O)[C@H]2CCC(=O)N2Cc2ccc3c(c2)OCO3)n1. The van der Waals surface area contributed by atoms with E-state index < -0.39 is 6.04 Å². The Morgan fingerprint density at radius 1 is 1.38 bits per heavy atom. The Balaban J connectivity index is 1.42. The highest BCUT2D eigenvalue weighted by Gasteiger charge is 2.36. The first-order chi connectivity index (χ1) is 12.6. The summed E-state index contributed by atoms with van der Waals surface area (Å²) in [7, 11) is 0. The van der Waals surface area contributed by atoms with Gasteiger partial charge in [-0.25, -0.2) is 4.98 Å². The smallest absolute Gasteiger partial charge is 0.243 e. The average Bonchev–Trinajstić information content (AvgIpc) is 3.34. The molecule has 0 aliphatic carbocycles. The van der Waals surface area contributed by atoms with Crippen molar-refractivity contribution in [2.24, 2.45) is 0 Å². The molecule has 8 heteroatoms. The fraction of sp³-hybridized carbons (Fsp3) is 0.389. The second-order valence-electron chi connectivity index (χ2n) is 6.36. The van der Waals surface area contributed by atoms with E-state index in [-0.39, 0.29) is 18.6 Å². The van der Waals surface area contributed by atoms with Crippen LogP contribution in [0.25, 0.3) is 0 Å². The van der Waals surface area contributed by atoms with Crippen LogP contribution >= 0.6 is 11.3 Å². The predicted molar refractivity (Wildman–Crippen MR) is 94.8 cm³/mol. The highest BCUT2D eigenvalue weighted by atomic mass is 32.1. The first kappa shape index (κ1) is 16.8. The molecule has 2 aliphatic rings. The average molecular weight is 373 g/mol. The first-order valence-corrected chi connectivity index (χ1v) is 9.35. The molecular formula is C18H19N3O4S. The molecule has 1 N–H and O–H groups in total. The summed E-state index contributed by atoms with van der Waals surface area (Å²) < 4.78 is 10.7. The minimum absolute atomic E-state index is 0.00656. The molecule has 136 valence electrons. The van der Waals surface area contributed by atoms with E-state index in [4.69, 9.17) is 9.47 Å². The zero-order valence-electron chi connectivity index (χ0n) is 14.4. The van der Waals surface area contributed by atoms with Gasteiger partial charge < -0.3 is 19.7 Å². The van der Waals surface area contributed by atoms with Gasteiger partial charge in [-0.3, -0.25) is 9.59 Å². The zero-order valence-corrected chi connectivity index (χ0v) is 15.2. The maximum Gasteiger partial charge on any atom is 0.243 e. The molecule has 1 fully saturated rings. The molecule has 4 rings (SSSR count). The Morgan fingerprint density at radius 2 is 2.23 bits per heavy atom. The van der Waals surface area contributed by atoms with Gasteiger partial charge in [0.25, 0.3) is 0 Å². The molecule has 2 aliphatic heterocycles. The number of rotatable bonds is 5. The number of thiazole rings is 1. The summed E-state index contributed by atoms with van der Waals surface area (Å²) in [6.07, 6.45) is 0.922. The van der Waals surface area contributed by atoms with Gasteiger partial charge >= 0.3 is 0 Å². The molecule has 0 saturated carbocycles. The Bertz CT molecular complexity index is 851. The van der Waals surface area contributed by atoms with Crippen molar-refractivity contribution in [3.05, 3.63) is 39.8 Å². The van der Waals surface area contributed by atoms with Crippen LogP contribution in [0.1, 0.15) is 29.1 Å². The monoisotopic (exact) mass is 373 g/mol. The van der Waals surface area contributed by atoms with Gasteiger partial charge in [0.15, 0.2) is 11.5 Å². The van der Waals surface area contributed by atoms with Crippen molar-refractivity contribution in [2.45, 2.75) is 38.9 Å². The standard InChI is InChI=1S/C18H19N3O4S/c1-11-9-26-16(20-11)7-19-18(23)13-3-5-17(22)21(13)8-12-2-4-14-15(6-12)25-10-24-14/h2,4,6,9,13H,3,5,7-8,10H2,1H3,(H,19,23)/t13-/m1/s1. The van der Waals surface area contributed by atoms with E-state index in [1.807, 2.05) is 30.5 Å². The number of nitrogens with one attached hydrogen (secondary N) is 1. The lowest BCUT2D eigenvalue weighted by molar-refractivity contribution is -0.135. The van der Waals surface area contributed by atoms with Crippen molar-refractivity contribution in [2.75, 3.05) is 6.79 Å². The summed E-state index contributed by atoms with van der Waals surface area (Å²) in [4.78, 5) is 30.9. The number of benzene rings is 1. The Kier molecular flexibility index (Phi) is 4.50. The maximum absolute atomic E-state index is 12.6. The lowest BCUT2D eigenvalue weighted by Crippen LogP contribution is -2.44. The number of carbonyl (C=O) groups is 2. The minimum Gasteiger partial charge on any atom is -0.454 e. The molecule has 3 heterocycles. The second-order valence-corrected chi connectivity index (χ2v) is 7.31. The van der Waals surface area contributed by atoms with E-state index in [1.165, 1.54) is 11.3 Å². The molecule has 7 nitrogen and oxygen atoms in total. The molecule has 0 bridgehead atoms. The van der Waals surface area contributed by atoms with Gasteiger partial charge in [-0.05, 0) is 31.0 Å². The highest BCUT2D eigenvalue weighted by molar-refractivity contribution is 7.09. The van der Waals surface area contributed by atoms with Gasteiger partial charge in [0.2, 0.25) is 18.6 Å². The summed E-state index contributed by atoms with van der Waals surface area (Å²) in [6.45, 7) is 2.90. The fourth-order valence-electron chi connectivity index (χ4n) is 3.20. The summed E-state index contributed by atoms with van der Waals surface area (Å²) in [6, 6.07) is 5.14. The fourth-order valence-corrected chi connectivity index (χ4v) is 3.92. The van der Waals surface area contributed by atoms with Gasteiger partial charge in [-0.2, -0.15) is 0 Å². The number of nitrogens with zero attached hydrogens (tertiary/aromatic N) is 2. The number of amides is 2. The van der Waals surface area contributed by atoms with Crippen LogP contribution in [0, 0.1) is 6.92 Å². The normalized spacial score (nSPS) is 18.4. The van der Waals surface area contributed by atoms with E-state index in [0.29, 0.717) is 37.4 Å². The summed E-state index contributed by atoms with van der Waals surface area (Å²) in [5, 5.41) is 5.72. The van der Waals surface area contributed by atoms with Crippen LogP contribution in [-0.2, 0) is 22.7 Å². The number of aryl methyl sites for hydroxylation is 1. The van der Waals surface area contributed by atoms with E-state index in [9.17, 15) is 9.59 Å². The van der Waals surface area contributed by atoms with Crippen LogP contribution in [0.15, 0.2) is 23.6 Å². The van der Waals surface area contributed by atoms with Crippen LogP contribution in [-0.4, -0.2) is 34.5 Å². The predicted octanol–water partition coefficient (Wildman–Crippen LogP) is 1.99. The largest absolute Gasteiger partial charge is 0.454 e.